The molecule has 2 N–H and O–H groups in total. The van der Waals surface area contributed by atoms with E-state index in [1.165, 1.54) is 0 Å². The van der Waals surface area contributed by atoms with Crippen LogP contribution in [0.3, 0.4) is 0 Å². The van der Waals surface area contributed by atoms with E-state index in [2.05, 4.69) is 15.0 Å². The Hall–Kier alpha value is -3.25. The van der Waals surface area contributed by atoms with Gasteiger partial charge in [0, 0.05) is 18.3 Å². The van der Waals surface area contributed by atoms with Crippen molar-refractivity contribution in [2.75, 3.05) is 17.7 Å². The first-order valence-electron chi connectivity index (χ1n) is 8.41. The van der Waals surface area contributed by atoms with Crippen LogP contribution in [-0.2, 0) is 6.54 Å². The molecule has 2 aromatic carbocycles. The number of benzene rings is 2. The van der Waals surface area contributed by atoms with Gasteiger partial charge in [0.15, 0.2) is 10.8 Å². The maximum absolute atomic E-state index is 6.27. The fraction of sp³-hybridized carbons (Fsp3) is 0.100. The summed E-state index contributed by atoms with van der Waals surface area (Å²) < 4.78 is 6.81. The van der Waals surface area contributed by atoms with Crippen molar-refractivity contribution in [3.05, 3.63) is 77.6 Å². The van der Waals surface area contributed by atoms with Crippen LogP contribution >= 0.6 is 11.6 Å². The van der Waals surface area contributed by atoms with Gasteiger partial charge >= 0.3 is 0 Å². The third kappa shape index (κ3) is 3.39. The van der Waals surface area contributed by atoms with Crippen LogP contribution in [-0.4, -0.2) is 21.7 Å². The Labute approximate surface area is 161 Å². The molecule has 27 heavy (non-hydrogen) atoms. The highest BCUT2D eigenvalue weighted by Crippen LogP contribution is 2.32. The van der Waals surface area contributed by atoms with Crippen molar-refractivity contribution in [1.29, 1.82) is 0 Å². The number of hydrogen-bond acceptors (Lipinski definition) is 5. The molecule has 0 saturated heterocycles. The molecule has 0 atom stereocenters. The molecule has 0 saturated carbocycles. The number of aromatic nitrogens is 3. The fourth-order valence-corrected chi connectivity index (χ4v) is 3.16. The van der Waals surface area contributed by atoms with Crippen molar-refractivity contribution in [3.8, 4) is 5.75 Å². The number of hydrogen-bond donors (Lipinski definition) is 1. The van der Waals surface area contributed by atoms with Crippen molar-refractivity contribution in [2.24, 2.45) is 0 Å². The summed E-state index contributed by atoms with van der Waals surface area (Å²) in [6.07, 6.45) is 1.58. The van der Waals surface area contributed by atoms with Gasteiger partial charge in [0.05, 0.1) is 19.0 Å². The number of fused-ring (bicyclic) bond motifs is 1. The van der Waals surface area contributed by atoms with Crippen LogP contribution in [0.4, 0.5) is 17.2 Å². The summed E-state index contributed by atoms with van der Waals surface area (Å²) >= 11 is 6.27. The molecule has 0 radical (unpaired) electrons. The lowest BCUT2D eigenvalue weighted by Crippen LogP contribution is -2.18. The first-order valence-corrected chi connectivity index (χ1v) is 8.79. The Kier molecular flexibility index (Phi) is 4.56. The molecule has 2 aromatic heterocycles. The van der Waals surface area contributed by atoms with Crippen LogP contribution in [0.5, 0.6) is 5.75 Å². The first-order chi connectivity index (χ1) is 13.2. The summed E-state index contributed by atoms with van der Waals surface area (Å²) in [6.45, 7) is 0.622. The normalized spacial score (nSPS) is 10.9. The number of rotatable bonds is 5. The van der Waals surface area contributed by atoms with Crippen molar-refractivity contribution < 1.29 is 4.74 Å². The van der Waals surface area contributed by atoms with Gasteiger partial charge in [0.2, 0.25) is 0 Å². The van der Waals surface area contributed by atoms with Gasteiger partial charge in [-0.1, -0.05) is 41.9 Å². The van der Waals surface area contributed by atoms with Gasteiger partial charge in [-0.05, 0) is 29.8 Å². The summed E-state index contributed by atoms with van der Waals surface area (Å²) in [6, 6.07) is 19.8. The maximum Gasteiger partial charge on any atom is 0.180 e. The third-order valence-corrected chi connectivity index (χ3v) is 4.49. The van der Waals surface area contributed by atoms with Gasteiger partial charge in [0.25, 0.3) is 0 Å². The lowest BCUT2D eigenvalue weighted by atomic mass is 10.1. The molecule has 4 aromatic rings. The molecule has 0 aliphatic rings. The van der Waals surface area contributed by atoms with E-state index in [-0.39, 0.29) is 0 Å². The van der Waals surface area contributed by atoms with E-state index >= 15 is 0 Å². The highest BCUT2D eigenvalue weighted by molar-refractivity contribution is 6.29. The zero-order valence-corrected chi connectivity index (χ0v) is 15.5. The smallest absolute Gasteiger partial charge is 0.180 e. The number of para-hydroxylation sites is 1. The molecule has 4 rings (SSSR count). The summed E-state index contributed by atoms with van der Waals surface area (Å²) in [5.74, 6) is 1.26. The molecule has 0 unspecified atom stereocenters. The van der Waals surface area contributed by atoms with E-state index in [0.717, 1.165) is 22.7 Å². The fourth-order valence-electron chi connectivity index (χ4n) is 2.98. The summed E-state index contributed by atoms with van der Waals surface area (Å²) in [7, 11) is 1.66. The molecule has 0 spiro atoms. The number of halogens is 1. The minimum Gasteiger partial charge on any atom is -0.497 e. The molecule has 0 aliphatic heterocycles. The Balaban J connectivity index is 1.83. The largest absolute Gasteiger partial charge is 0.497 e. The molecule has 2 heterocycles. The van der Waals surface area contributed by atoms with Crippen LogP contribution in [0, 0.1) is 0 Å². The predicted octanol–water partition coefficient (Wildman–Crippen LogP) is 4.31. The van der Waals surface area contributed by atoms with Crippen LogP contribution < -0.4 is 15.4 Å². The minimum atomic E-state index is 0.345. The number of methoxy groups -OCH3 is 1. The highest BCUT2D eigenvalue weighted by atomic mass is 35.5. The van der Waals surface area contributed by atoms with Crippen LogP contribution in [0.25, 0.3) is 5.65 Å². The van der Waals surface area contributed by atoms with E-state index in [9.17, 15) is 0 Å². The predicted molar refractivity (Wildman–Crippen MR) is 108 cm³/mol. The monoisotopic (exact) mass is 379 g/mol. The molecule has 0 amide bonds. The van der Waals surface area contributed by atoms with Crippen molar-refractivity contribution in [1.82, 2.24) is 14.6 Å². The molecule has 6 nitrogen and oxygen atoms in total. The average molecular weight is 380 g/mol. The second-order valence-electron chi connectivity index (χ2n) is 6.04. The topological polar surface area (TPSA) is 68.7 Å². The van der Waals surface area contributed by atoms with E-state index in [4.69, 9.17) is 22.1 Å². The van der Waals surface area contributed by atoms with Gasteiger partial charge < -0.3 is 15.4 Å². The second-order valence-corrected chi connectivity index (χ2v) is 6.43. The Morgan fingerprint density at radius 1 is 1.11 bits per heavy atom. The van der Waals surface area contributed by atoms with Crippen molar-refractivity contribution in [2.45, 2.75) is 6.54 Å². The highest BCUT2D eigenvalue weighted by Gasteiger charge is 2.17. The Bertz CT molecular complexity index is 1060. The van der Waals surface area contributed by atoms with Crippen LogP contribution in [0.1, 0.15) is 5.56 Å². The number of nitrogens with zero attached hydrogens (tertiary/aromatic N) is 4. The average Bonchev–Trinajstić information content (AvgIpc) is 3.07. The quantitative estimate of drug-likeness (QED) is 0.559. The van der Waals surface area contributed by atoms with E-state index in [1.54, 1.807) is 23.9 Å². The first kappa shape index (κ1) is 17.2. The number of nitrogen functional groups attached to an aromatic ring is 1. The molecule has 0 fully saturated rings. The van der Waals surface area contributed by atoms with Gasteiger partial charge in [-0.25, -0.2) is 4.98 Å². The lowest BCUT2D eigenvalue weighted by Gasteiger charge is -2.25. The van der Waals surface area contributed by atoms with E-state index < -0.39 is 0 Å². The van der Waals surface area contributed by atoms with Gasteiger partial charge in [-0.3, -0.25) is 0 Å². The van der Waals surface area contributed by atoms with Crippen molar-refractivity contribution >= 4 is 34.4 Å². The number of anilines is 3. The third-order valence-electron chi connectivity index (χ3n) is 4.30. The Morgan fingerprint density at radius 3 is 2.56 bits per heavy atom. The second kappa shape index (κ2) is 7.17. The number of imidazole rings is 1. The number of nitrogens with two attached hydrogens (primary N) is 1. The zero-order valence-electron chi connectivity index (χ0n) is 14.7. The number of ether oxygens (including phenoxy) is 1. The Morgan fingerprint density at radius 2 is 1.85 bits per heavy atom. The van der Waals surface area contributed by atoms with Gasteiger partial charge in [0.1, 0.15) is 11.6 Å². The summed E-state index contributed by atoms with van der Waals surface area (Å²) in [5.41, 5.74) is 9.59. The van der Waals surface area contributed by atoms with E-state index in [0.29, 0.717) is 23.2 Å². The summed E-state index contributed by atoms with van der Waals surface area (Å²) in [4.78, 5) is 6.57. The molecule has 136 valence electrons. The minimum absolute atomic E-state index is 0.345. The SMILES string of the molecule is COc1ccc(CN(c2ccccc2)c2cc(Cl)nn3c(N)cnc23)cc1. The zero-order chi connectivity index (χ0) is 18.8. The van der Waals surface area contributed by atoms with Crippen molar-refractivity contribution in [3.63, 3.8) is 0 Å². The molecular formula is C20H18ClN5O. The van der Waals surface area contributed by atoms with E-state index in [1.807, 2.05) is 54.6 Å². The van der Waals surface area contributed by atoms with Crippen LogP contribution in [0.2, 0.25) is 5.15 Å². The molecule has 0 aliphatic carbocycles. The van der Waals surface area contributed by atoms with Crippen LogP contribution in [0.15, 0.2) is 66.9 Å². The standard InChI is InChI=1S/C20H18ClN5O/c1-27-16-9-7-14(8-10-16)13-25(15-5-3-2-4-6-15)17-11-18(21)24-26-19(22)12-23-20(17)26/h2-12H,13,22H2,1H3. The molecule has 0 bridgehead atoms. The summed E-state index contributed by atoms with van der Waals surface area (Å²) in [5, 5.41) is 4.60. The molecule has 7 heteroatoms. The maximum atomic E-state index is 6.27. The lowest BCUT2D eigenvalue weighted by molar-refractivity contribution is 0.414. The van der Waals surface area contributed by atoms with Gasteiger partial charge in [-0.2, -0.15) is 9.61 Å². The molecular weight excluding hydrogens is 362 g/mol. The van der Waals surface area contributed by atoms with Gasteiger partial charge in [-0.15, -0.1) is 0 Å².